The summed E-state index contributed by atoms with van der Waals surface area (Å²) in [5.41, 5.74) is 1.40. The topological polar surface area (TPSA) is 60.7 Å². The summed E-state index contributed by atoms with van der Waals surface area (Å²) >= 11 is 0. The van der Waals surface area contributed by atoms with E-state index in [1.54, 1.807) is 34.6 Å². The lowest BCUT2D eigenvalue weighted by molar-refractivity contribution is 0.373. The average molecular weight is 264 g/mol. The molecule has 0 unspecified atom stereocenters. The summed E-state index contributed by atoms with van der Waals surface area (Å²) in [5.74, 6) is 0.456. The van der Waals surface area contributed by atoms with Gasteiger partial charge in [-0.2, -0.15) is 10.2 Å². The van der Waals surface area contributed by atoms with E-state index in [2.05, 4.69) is 10.2 Å². The van der Waals surface area contributed by atoms with Gasteiger partial charge in [-0.15, -0.1) is 0 Å². The molecule has 0 amide bonds. The highest BCUT2D eigenvalue weighted by molar-refractivity contribution is 5.90. The van der Waals surface area contributed by atoms with Crippen LogP contribution in [0.4, 0.5) is 0 Å². The van der Waals surface area contributed by atoms with Gasteiger partial charge in [-0.1, -0.05) is 0 Å². The Hall–Kier alpha value is -2.24. The maximum absolute atomic E-state index is 10.0. The Bertz CT molecular complexity index is 482. The Balaban J connectivity index is 3.18. The molecule has 0 aliphatic heterocycles. The predicted octanol–water partition coefficient (Wildman–Crippen LogP) is 1.19. The van der Waals surface area contributed by atoms with Gasteiger partial charge in [-0.25, -0.2) is 0 Å². The van der Waals surface area contributed by atoms with Crippen LogP contribution in [0.1, 0.15) is 11.1 Å². The first-order chi connectivity index (χ1) is 8.93. The predicted molar refractivity (Wildman–Crippen MR) is 77.2 cm³/mol. The molecule has 0 aromatic heterocycles. The number of hydrogen-bond donors (Lipinski definition) is 1. The van der Waals surface area contributed by atoms with E-state index in [-0.39, 0.29) is 5.75 Å². The van der Waals surface area contributed by atoms with Gasteiger partial charge in [0.25, 0.3) is 0 Å². The molecule has 0 heterocycles. The van der Waals surface area contributed by atoms with E-state index < -0.39 is 0 Å². The monoisotopic (exact) mass is 264 g/mol. The zero-order chi connectivity index (χ0) is 14.4. The molecule has 1 aromatic rings. The maximum Gasteiger partial charge on any atom is 0.166 e. The molecule has 0 aliphatic rings. The summed E-state index contributed by atoms with van der Waals surface area (Å²) in [6.07, 6.45) is 3.26. The van der Waals surface area contributed by atoms with E-state index in [0.717, 1.165) is 5.56 Å². The van der Waals surface area contributed by atoms with Crippen molar-refractivity contribution in [2.24, 2.45) is 10.2 Å². The van der Waals surface area contributed by atoms with Crippen LogP contribution in [0.25, 0.3) is 0 Å². The highest BCUT2D eigenvalue weighted by atomic mass is 16.5. The minimum Gasteiger partial charge on any atom is -0.504 e. The van der Waals surface area contributed by atoms with Gasteiger partial charge in [0.1, 0.15) is 0 Å². The number of phenols is 1. The Morgan fingerprint density at radius 2 is 1.63 bits per heavy atom. The summed E-state index contributed by atoms with van der Waals surface area (Å²) in [6, 6.07) is 3.51. The summed E-state index contributed by atoms with van der Waals surface area (Å²) in [6.45, 7) is 0. The van der Waals surface area contributed by atoms with Gasteiger partial charge >= 0.3 is 0 Å². The molecule has 0 radical (unpaired) electrons. The third-order valence-corrected chi connectivity index (χ3v) is 2.21. The third-order valence-electron chi connectivity index (χ3n) is 2.21. The number of ether oxygens (including phenoxy) is 1. The van der Waals surface area contributed by atoms with Crippen LogP contribution in [0.3, 0.4) is 0 Å². The van der Waals surface area contributed by atoms with Crippen LogP contribution in [0, 0.1) is 0 Å². The zero-order valence-electron chi connectivity index (χ0n) is 12.0. The summed E-state index contributed by atoms with van der Waals surface area (Å²) < 4.78 is 5.14. The van der Waals surface area contributed by atoms with Crippen molar-refractivity contribution in [1.29, 1.82) is 0 Å². The molecule has 19 heavy (non-hydrogen) atoms. The molecule has 6 nitrogen and oxygen atoms in total. The molecule has 104 valence electrons. The van der Waals surface area contributed by atoms with E-state index in [0.29, 0.717) is 11.3 Å². The molecular weight excluding hydrogens is 244 g/mol. The first kappa shape index (κ1) is 14.8. The number of phenolic OH excluding ortho intramolecular Hbond substituents is 1. The quantitative estimate of drug-likeness (QED) is 0.641. The van der Waals surface area contributed by atoms with Crippen LogP contribution in [-0.4, -0.2) is 62.9 Å². The van der Waals surface area contributed by atoms with Crippen molar-refractivity contribution < 1.29 is 9.84 Å². The standard InChI is InChI=1S/C13H20N4O2/c1-16(2)14-8-10-6-11(9-15-17(3)4)13(18)12(7-10)19-5/h6-9,18H,1-5H3/b14-8-,15-9+. The van der Waals surface area contributed by atoms with Gasteiger partial charge < -0.3 is 19.9 Å². The maximum atomic E-state index is 10.0. The minimum atomic E-state index is 0.0649. The Morgan fingerprint density at radius 3 is 2.16 bits per heavy atom. The van der Waals surface area contributed by atoms with Crippen molar-refractivity contribution in [3.8, 4) is 11.5 Å². The lowest BCUT2D eigenvalue weighted by Gasteiger charge is -2.09. The Kier molecular flexibility index (Phi) is 5.17. The Labute approximate surface area is 113 Å². The fourth-order valence-corrected chi connectivity index (χ4v) is 1.34. The van der Waals surface area contributed by atoms with E-state index in [1.165, 1.54) is 7.11 Å². The highest BCUT2D eigenvalue weighted by Crippen LogP contribution is 2.30. The van der Waals surface area contributed by atoms with Crippen molar-refractivity contribution in [3.63, 3.8) is 0 Å². The molecule has 0 spiro atoms. The number of benzene rings is 1. The summed E-state index contributed by atoms with van der Waals surface area (Å²) in [4.78, 5) is 0. The number of hydrazone groups is 2. The molecule has 0 bridgehead atoms. The minimum absolute atomic E-state index is 0.0649. The van der Waals surface area contributed by atoms with E-state index in [4.69, 9.17) is 4.74 Å². The van der Waals surface area contributed by atoms with Gasteiger partial charge in [-0.05, 0) is 17.7 Å². The first-order valence-electron chi connectivity index (χ1n) is 5.77. The molecule has 1 aromatic carbocycles. The molecular formula is C13H20N4O2. The average Bonchev–Trinajstić information content (AvgIpc) is 2.35. The van der Waals surface area contributed by atoms with Gasteiger partial charge in [0.05, 0.1) is 19.5 Å². The second kappa shape index (κ2) is 6.63. The number of rotatable bonds is 5. The number of hydrogen-bond acceptors (Lipinski definition) is 6. The highest BCUT2D eigenvalue weighted by Gasteiger charge is 2.08. The number of nitrogens with zero attached hydrogens (tertiary/aromatic N) is 4. The molecule has 0 atom stereocenters. The zero-order valence-corrected chi connectivity index (χ0v) is 12.0. The van der Waals surface area contributed by atoms with E-state index in [1.807, 2.05) is 28.2 Å². The molecule has 0 saturated carbocycles. The van der Waals surface area contributed by atoms with Crippen LogP contribution in [-0.2, 0) is 0 Å². The van der Waals surface area contributed by atoms with E-state index in [9.17, 15) is 5.11 Å². The summed E-state index contributed by atoms with van der Waals surface area (Å²) in [5, 5.41) is 21.6. The number of aromatic hydroxyl groups is 1. The van der Waals surface area contributed by atoms with Crippen LogP contribution in [0.2, 0.25) is 0 Å². The fourth-order valence-electron chi connectivity index (χ4n) is 1.34. The Morgan fingerprint density at radius 1 is 1.05 bits per heavy atom. The largest absolute Gasteiger partial charge is 0.504 e. The van der Waals surface area contributed by atoms with Crippen LogP contribution < -0.4 is 4.74 Å². The molecule has 0 aliphatic carbocycles. The molecule has 1 N–H and O–H groups in total. The lowest BCUT2D eigenvalue weighted by Crippen LogP contribution is -2.04. The van der Waals surface area contributed by atoms with Crippen molar-refractivity contribution in [2.45, 2.75) is 0 Å². The van der Waals surface area contributed by atoms with Gasteiger partial charge in [-0.3, -0.25) is 0 Å². The molecule has 0 fully saturated rings. The summed E-state index contributed by atoms with van der Waals surface area (Å²) in [7, 11) is 8.80. The van der Waals surface area contributed by atoms with Gasteiger partial charge in [0, 0.05) is 33.8 Å². The van der Waals surface area contributed by atoms with Crippen LogP contribution in [0.5, 0.6) is 11.5 Å². The lowest BCUT2D eigenvalue weighted by atomic mass is 10.1. The van der Waals surface area contributed by atoms with Crippen LogP contribution in [0.15, 0.2) is 22.3 Å². The van der Waals surface area contributed by atoms with Crippen LogP contribution >= 0.6 is 0 Å². The van der Waals surface area contributed by atoms with Crippen molar-refractivity contribution in [3.05, 3.63) is 23.3 Å². The first-order valence-corrected chi connectivity index (χ1v) is 5.77. The number of methoxy groups -OCH3 is 1. The van der Waals surface area contributed by atoms with Gasteiger partial charge in [0.2, 0.25) is 0 Å². The third kappa shape index (κ3) is 4.50. The normalized spacial score (nSPS) is 11.2. The smallest absolute Gasteiger partial charge is 0.166 e. The van der Waals surface area contributed by atoms with Crippen molar-refractivity contribution >= 4 is 12.4 Å². The molecule has 1 rings (SSSR count). The molecule has 0 saturated heterocycles. The SMILES string of the molecule is COc1cc(/C=N\N(C)C)cc(/C=N/N(C)C)c1O. The fraction of sp³-hybridized carbons (Fsp3) is 0.385. The van der Waals surface area contributed by atoms with Crippen molar-refractivity contribution in [1.82, 2.24) is 10.0 Å². The second-order valence-electron chi connectivity index (χ2n) is 4.34. The van der Waals surface area contributed by atoms with Crippen molar-refractivity contribution in [2.75, 3.05) is 35.3 Å². The second-order valence-corrected chi connectivity index (χ2v) is 4.34. The molecule has 6 heteroatoms. The van der Waals surface area contributed by atoms with E-state index >= 15 is 0 Å². The van der Waals surface area contributed by atoms with Gasteiger partial charge in [0.15, 0.2) is 11.5 Å².